The molecule has 7 aromatic carbocycles. The molecule has 0 aliphatic carbocycles. The minimum atomic E-state index is 1.17. The van der Waals surface area contributed by atoms with Crippen LogP contribution < -0.4 is 0 Å². The van der Waals surface area contributed by atoms with Gasteiger partial charge in [-0.15, -0.1) is 0 Å². The maximum absolute atomic E-state index is 2.42. The van der Waals surface area contributed by atoms with Gasteiger partial charge in [0.15, 0.2) is 0 Å². The van der Waals surface area contributed by atoms with Gasteiger partial charge in [-0.05, 0) is 68.1 Å². The van der Waals surface area contributed by atoms with Crippen molar-refractivity contribution in [2.24, 2.45) is 0 Å². The van der Waals surface area contributed by atoms with Crippen LogP contribution in [0.25, 0.3) is 71.3 Å². The molecule has 1 heteroatoms. The lowest BCUT2D eigenvalue weighted by molar-refractivity contribution is 1.18. The van der Waals surface area contributed by atoms with Crippen LogP contribution in [0, 0.1) is 0 Å². The maximum Gasteiger partial charge on any atom is 0.0553 e. The monoisotopic (exact) mass is 495 g/mol. The number of benzene rings is 7. The fraction of sp³-hybridized carbons (Fsp3) is 0. The van der Waals surface area contributed by atoms with E-state index in [1.54, 1.807) is 0 Å². The first-order chi connectivity index (χ1) is 19.4. The van der Waals surface area contributed by atoms with Crippen molar-refractivity contribution in [1.82, 2.24) is 4.57 Å². The van der Waals surface area contributed by atoms with Crippen LogP contribution in [0.3, 0.4) is 0 Å². The predicted octanol–water partition coefficient (Wildman–Crippen LogP) is 10.4. The molecule has 8 rings (SSSR count). The smallest absolute Gasteiger partial charge is 0.0553 e. The van der Waals surface area contributed by atoms with Crippen molar-refractivity contribution in [1.29, 1.82) is 0 Å². The SMILES string of the molecule is c1ccc(-n2c3ccccc3c3c4ccccc4c(-c4ccccc4-c4cccc5ccccc45)cc32)cc1. The number of hydrogen-bond donors (Lipinski definition) is 0. The first kappa shape index (κ1) is 21.9. The van der Waals surface area contributed by atoms with Gasteiger partial charge in [0.05, 0.1) is 11.0 Å². The van der Waals surface area contributed by atoms with E-state index in [0.717, 1.165) is 0 Å². The molecule has 0 radical (unpaired) electrons. The first-order valence-corrected chi connectivity index (χ1v) is 13.5. The quantitative estimate of drug-likeness (QED) is 0.230. The lowest BCUT2D eigenvalue weighted by Crippen LogP contribution is -1.94. The van der Waals surface area contributed by atoms with Gasteiger partial charge in [-0.2, -0.15) is 0 Å². The van der Waals surface area contributed by atoms with Crippen LogP contribution in [0.2, 0.25) is 0 Å². The second kappa shape index (κ2) is 8.72. The Morgan fingerprint density at radius 2 is 0.897 bits per heavy atom. The van der Waals surface area contributed by atoms with Crippen molar-refractivity contribution in [3.63, 3.8) is 0 Å². The highest BCUT2D eigenvalue weighted by molar-refractivity contribution is 6.24. The average molecular weight is 496 g/mol. The molecule has 0 atom stereocenters. The normalized spacial score (nSPS) is 11.6. The molecule has 0 spiro atoms. The number of rotatable bonds is 3. The molecule has 1 nitrogen and oxygen atoms in total. The van der Waals surface area contributed by atoms with Gasteiger partial charge in [-0.25, -0.2) is 0 Å². The Morgan fingerprint density at radius 3 is 1.72 bits per heavy atom. The molecular weight excluding hydrogens is 470 g/mol. The van der Waals surface area contributed by atoms with Crippen molar-refractivity contribution in [3.8, 4) is 27.9 Å². The second-order valence-electron chi connectivity index (χ2n) is 10.1. The van der Waals surface area contributed by atoms with Crippen LogP contribution in [-0.2, 0) is 0 Å². The highest BCUT2D eigenvalue weighted by Crippen LogP contribution is 2.44. The largest absolute Gasteiger partial charge is 0.309 e. The fourth-order valence-corrected chi connectivity index (χ4v) is 6.32. The van der Waals surface area contributed by atoms with Crippen molar-refractivity contribution in [3.05, 3.63) is 152 Å². The van der Waals surface area contributed by atoms with Gasteiger partial charge in [0, 0.05) is 16.5 Å². The Balaban J connectivity index is 1.53. The zero-order chi connectivity index (χ0) is 25.8. The minimum Gasteiger partial charge on any atom is -0.309 e. The lowest BCUT2D eigenvalue weighted by atomic mass is 9.88. The lowest BCUT2D eigenvalue weighted by Gasteiger charge is -2.16. The highest BCUT2D eigenvalue weighted by Gasteiger charge is 2.19. The van der Waals surface area contributed by atoms with E-state index >= 15 is 0 Å². The maximum atomic E-state index is 2.42. The Hall–Kier alpha value is -5.14. The summed E-state index contributed by atoms with van der Waals surface area (Å²) < 4.78 is 2.42. The molecule has 182 valence electrons. The molecule has 0 N–H and O–H groups in total. The third-order valence-corrected chi connectivity index (χ3v) is 7.99. The molecule has 39 heavy (non-hydrogen) atoms. The van der Waals surface area contributed by atoms with Crippen molar-refractivity contribution < 1.29 is 0 Å². The number of para-hydroxylation sites is 2. The van der Waals surface area contributed by atoms with E-state index < -0.39 is 0 Å². The van der Waals surface area contributed by atoms with Crippen molar-refractivity contribution >= 4 is 43.4 Å². The Bertz CT molecular complexity index is 2160. The molecule has 8 aromatic rings. The summed E-state index contributed by atoms with van der Waals surface area (Å²) in [7, 11) is 0. The zero-order valence-electron chi connectivity index (χ0n) is 21.4. The summed E-state index contributed by atoms with van der Waals surface area (Å²) in [5, 5.41) is 7.67. The number of nitrogens with zero attached hydrogens (tertiary/aromatic N) is 1. The summed E-state index contributed by atoms with van der Waals surface area (Å²) in [6, 6.07) is 54.9. The third-order valence-electron chi connectivity index (χ3n) is 7.99. The average Bonchev–Trinajstić information content (AvgIpc) is 3.35. The van der Waals surface area contributed by atoms with E-state index in [4.69, 9.17) is 0 Å². The van der Waals surface area contributed by atoms with Gasteiger partial charge in [0.1, 0.15) is 0 Å². The number of fused-ring (bicyclic) bond motifs is 6. The fourth-order valence-electron chi connectivity index (χ4n) is 6.32. The van der Waals surface area contributed by atoms with Crippen LogP contribution in [0.15, 0.2) is 152 Å². The van der Waals surface area contributed by atoms with Gasteiger partial charge < -0.3 is 4.57 Å². The molecule has 0 saturated heterocycles. The van der Waals surface area contributed by atoms with Crippen molar-refractivity contribution in [2.75, 3.05) is 0 Å². The summed E-state index contributed by atoms with van der Waals surface area (Å²) in [6.07, 6.45) is 0. The molecule has 0 fully saturated rings. The zero-order valence-corrected chi connectivity index (χ0v) is 21.4. The molecule has 0 amide bonds. The van der Waals surface area contributed by atoms with Crippen LogP contribution in [-0.4, -0.2) is 4.57 Å². The summed E-state index contributed by atoms with van der Waals surface area (Å²) in [4.78, 5) is 0. The minimum absolute atomic E-state index is 1.17. The summed E-state index contributed by atoms with van der Waals surface area (Å²) >= 11 is 0. The van der Waals surface area contributed by atoms with Crippen LogP contribution in [0.4, 0.5) is 0 Å². The molecule has 0 aliphatic heterocycles. The highest BCUT2D eigenvalue weighted by atomic mass is 15.0. The topological polar surface area (TPSA) is 4.93 Å². The molecule has 0 unspecified atom stereocenters. The van der Waals surface area contributed by atoms with E-state index in [1.165, 1.54) is 71.3 Å². The standard InChI is InChI=1S/C38H25N/c1-2-15-27(16-3-1)39-36-24-11-10-22-34(36)38-33-21-9-8-20-32(33)35(25-37(38)39)31-19-7-6-18-30(31)29-23-12-14-26-13-4-5-17-28(26)29/h1-25H. The van der Waals surface area contributed by atoms with Gasteiger partial charge >= 0.3 is 0 Å². The molecule has 1 aromatic heterocycles. The molecule has 0 saturated carbocycles. The predicted molar refractivity (Wildman–Crippen MR) is 167 cm³/mol. The van der Waals surface area contributed by atoms with Gasteiger partial charge in [-0.3, -0.25) is 0 Å². The van der Waals surface area contributed by atoms with Crippen LogP contribution >= 0.6 is 0 Å². The van der Waals surface area contributed by atoms with E-state index in [1.807, 2.05) is 0 Å². The molecule has 0 bridgehead atoms. The van der Waals surface area contributed by atoms with E-state index in [0.29, 0.717) is 0 Å². The molecule has 0 aliphatic rings. The third kappa shape index (κ3) is 3.34. The molecule has 1 heterocycles. The summed E-state index contributed by atoms with van der Waals surface area (Å²) in [5.74, 6) is 0. The Kier molecular flexibility index (Phi) is 4.89. The van der Waals surface area contributed by atoms with Gasteiger partial charge in [0.25, 0.3) is 0 Å². The van der Waals surface area contributed by atoms with E-state index in [-0.39, 0.29) is 0 Å². The van der Waals surface area contributed by atoms with E-state index in [2.05, 4.69) is 156 Å². The molecular formula is C38H25N. The summed E-state index contributed by atoms with van der Waals surface area (Å²) in [5.41, 5.74) is 8.63. The van der Waals surface area contributed by atoms with Gasteiger partial charge in [0.2, 0.25) is 0 Å². The first-order valence-electron chi connectivity index (χ1n) is 13.5. The van der Waals surface area contributed by atoms with Crippen LogP contribution in [0.1, 0.15) is 0 Å². The summed E-state index contributed by atoms with van der Waals surface area (Å²) in [6.45, 7) is 0. The number of aromatic nitrogens is 1. The number of hydrogen-bond acceptors (Lipinski definition) is 0. The van der Waals surface area contributed by atoms with Gasteiger partial charge in [-0.1, -0.05) is 127 Å². The van der Waals surface area contributed by atoms with E-state index in [9.17, 15) is 0 Å². The van der Waals surface area contributed by atoms with Crippen molar-refractivity contribution in [2.45, 2.75) is 0 Å². The Morgan fingerprint density at radius 1 is 0.333 bits per heavy atom. The Labute approximate surface area is 227 Å². The second-order valence-corrected chi connectivity index (χ2v) is 10.1. The van der Waals surface area contributed by atoms with Crippen LogP contribution in [0.5, 0.6) is 0 Å².